The summed E-state index contributed by atoms with van der Waals surface area (Å²) in [5, 5.41) is 11.9. The van der Waals surface area contributed by atoms with E-state index in [9.17, 15) is 27.1 Å². The zero-order chi connectivity index (χ0) is 15.6. The molecule has 2 nitrogen and oxygen atoms in total. The van der Waals surface area contributed by atoms with Gasteiger partial charge in [0, 0.05) is 18.7 Å². The highest BCUT2D eigenvalue weighted by molar-refractivity contribution is 5.45. The second-order valence-corrected chi connectivity index (χ2v) is 4.28. The second-order valence-electron chi connectivity index (χ2n) is 4.28. The average Bonchev–Trinajstić information content (AvgIpc) is 2.41. The number of hydrogen-bond donors (Lipinski definition) is 2. The smallest absolute Gasteiger partial charge is 0.182 e. The third-order valence-corrected chi connectivity index (χ3v) is 2.81. The van der Waals surface area contributed by atoms with Gasteiger partial charge in [-0.1, -0.05) is 6.07 Å². The van der Waals surface area contributed by atoms with E-state index < -0.39 is 53.0 Å². The summed E-state index contributed by atoms with van der Waals surface area (Å²) in [6.07, 6.45) is -1.66. The van der Waals surface area contributed by atoms with Crippen molar-refractivity contribution in [2.45, 2.75) is 6.10 Å². The fourth-order valence-corrected chi connectivity index (χ4v) is 1.82. The Morgan fingerprint density at radius 2 is 1.57 bits per heavy atom. The molecular weight excluding hydrogens is 293 g/mol. The number of nitrogens with one attached hydrogen (secondary N) is 1. The maximum atomic E-state index is 13.4. The fraction of sp³-hybridized carbons (Fsp3) is 0.143. The van der Waals surface area contributed by atoms with Gasteiger partial charge < -0.3 is 10.4 Å². The van der Waals surface area contributed by atoms with Gasteiger partial charge in [-0.25, -0.2) is 22.0 Å². The summed E-state index contributed by atoms with van der Waals surface area (Å²) in [5.41, 5.74) is -1.16. The third kappa shape index (κ3) is 3.30. The maximum absolute atomic E-state index is 13.4. The van der Waals surface area contributed by atoms with E-state index in [0.717, 1.165) is 18.2 Å². The Labute approximate surface area is 116 Å². The molecule has 7 heteroatoms. The summed E-state index contributed by atoms with van der Waals surface area (Å²) in [6, 6.07) is 4.04. The Morgan fingerprint density at radius 3 is 2.19 bits per heavy atom. The number of aliphatic hydroxyl groups excluding tert-OH is 1. The molecule has 0 saturated heterocycles. The first kappa shape index (κ1) is 15.2. The monoisotopic (exact) mass is 303 g/mol. The highest BCUT2D eigenvalue weighted by atomic mass is 19.2. The predicted molar refractivity (Wildman–Crippen MR) is 66.1 cm³/mol. The fourth-order valence-electron chi connectivity index (χ4n) is 1.82. The molecule has 0 heterocycles. The summed E-state index contributed by atoms with van der Waals surface area (Å²) in [4.78, 5) is 0. The van der Waals surface area contributed by atoms with Crippen molar-refractivity contribution in [3.63, 3.8) is 0 Å². The van der Waals surface area contributed by atoms with Crippen LogP contribution in [0.25, 0.3) is 0 Å². The van der Waals surface area contributed by atoms with Gasteiger partial charge >= 0.3 is 0 Å². The van der Waals surface area contributed by atoms with Crippen LogP contribution >= 0.6 is 0 Å². The van der Waals surface area contributed by atoms with Gasteiger partial charge in [0.2, 0.25) is 0 Å². The van der Waals surface area contributed by atoms with Crippen LogP contribution in [0.1, 0.15) is 11.7 Å². The molecule has 0 radical (unpaired) electrons. The van der Waals surface area contributed by atoms with Crippen molar-refractivity contribution in [1.29, 1.82) is 0 Å². The van der Waals surface area contributed by atoms with E-state index in [-0.39, 0.29) is 0 Å². The van der Waals surface area contributed by atoms with Gasteiger partial charge in [-0.05, 0) is 12.1 Å². The standard InChI is InChI=1S/C14H10F5NO/c15-7-4-10(18)14(19)11(5-7)20-6-12(21)13-8(16)2-1-3-9(13)17/h1-5,12,20-21H,6H2. The van der Waals surface area contributed by atoms with Crippen molar-refractivity contribution in [2.75, 3.05) is 11.9 Å². The molecule has 112 valence electrons. The Balaban J connectivity index is 2.17. The van der Waals surface area contributed by atoms with Gasteiger partial charge in [-0.15, -0.1) is 0 Å². The van der Waals surface area contributed by atoms with Crippen molar-refractivity contribution in [2.24, 2.45) is 0 Å². The summed E-state index contributed by atoms with van der Waals surface area (Å²) in [6.45, 7) is -0.530. The molecule has 2 aromatic carbocycles. The number of hydrogen-bond acceptors (Lipinski definition) is 2. The van der Waals surface area contributed by atoms with E-state index in [4.69, 9.17) is 0 Å². The molecule has 1 unspecified atom stereocenters. The molecule has 0 saturated carbocycles. The minimum atomic E-state index is -1.66. The Bertz CT molecular complexity index is 642. The highest BCUT2D eigenvalue weighted by Crippen LogP contribution is 2.23. The van der Waals surface area contributed by atoms with Crippen molar-refractivity contribution in [3.8, 4) is 0 Å². The number of aliphatic hydroxyl groups is 1. The molecule has 0 bridgehead atoms. The Kier molecular flexibility index (Phi) is 4.42. The van der Waals surface area contributed by atoms with Crippen LogP contribution in [0.5, 0.6) is 0 Å². The quantitative estimate of drug-likeness (QED) is 0.669. The number of halogens is 5. The molecular formula is C14H10F5NO. The van der Waals surface area contributed by atoms with Crippen molar-refractivity contribution >= 4 is 5.69 Å². The summed E-state index contributed by atoms with van der Waals surface area (Å²) >= 11 is 0. The highest BCUT2D eigenvalue weighted by Gasteiger charge is 2.19. The van der Waals surface area contributed by atoms with Crippen LogP contribution in [0.2, 0.25) is 0 Å². The van der Waals surface area contributed by atoms with Crippen LogP contribution < -0.4 is 5.32 Å². The molecule has 0 aromatic heterocycles. The van der Waals surface area contributed by atoms with E-state index in [1.807, 2.05) is 0 Å². The molecule has 0 aliphatic carbocycles. The summed E-state index contributed by atoms with van der Waals surface area (Å²) in [5.74, 6) is -5.74. The molecule has 0 aliphatic heterocycles. The van der Waals surface area contributed by atoms with Gasteiger partial charge in [-0.2, -0.15) is 0 Å². The molecule has 2 N–H and O–H groups in total. The van der Waals surface area contributed by atoms with Crippen molar-refractivity contribution in [3.05, 3.63) is 65.0 Å². The number of benzene rings is 2. The lowest BCUT2D eigenvalue weighted by Gasteiger charge is -2.15. The lowest BCUT2D eigenvalue weighted by atomic mass is 10.1. The largest absolute Gasteiger partial charge is 0.386 e. The maximum Gasteiger partial charge on any atom is 0.182 e. The minimum Gasteiger partial charge on any atom is -0.386 e. The molecule has 0 aliphatic rings. The molecule has 21 heavy (non-hydrogen) atoms. The van der Waals surface area contributed by atoms with Crippen LogP contribution in [-0.4, -0.2) is 11.7 Å². The predicted octanol–water partition coefficient (Wildman–Crippen LogP) is 3.53. The van der Waals surface area contributed by atoms with E-state index in [1.165, 1.54) is 0 Å². The molecule has 0 amide bonds. The van der Waals surface area contributed by atoms with Crippen LogP contribution in [-0.2, 0) is 0 Å². The Morgan fingerprint density at radius 1 is 0.952 bits per heavy atom. The second kappa shape index (κ2) is 6.09. The normalized spacial score (nSPS) is 12.3. The van der Waals surface area contributed by atoms with Gasteiger partial charge in [0.25, 0.3) is 0 Å². The zero-order valence-corrected chi connectivity index (χ0v) is 10.5. The zero-order valence-electron chi connectivity index (χ0n) is 10.5. The van der Waals surface area contributed by atoms with Crippen LogP contribution in [0, 0.1) is 29.1 Å². The van der Waals surface area contributed by atoms with Gasteiger partial charge in [0.05, 0.1) is 11.3 Å². The van der Waals surface area contributed by atoms with Crippen LogP contribution in [0.4, 0.5) is 27.6 Å². The lowest BCUT2D eigenvalue weighted by molar-refractivity contribution is 0.181. The molecule has 2 rings (SSSR count). The lowest BCUT2D eigenvalue weighted by Crippen LogP contribution is -2.16. The SMILES string of the molecule is OC(CNc1cc(F)cc(F)c1F)c1c(F)cccc1F. The summed E-state index contributed by atoms with van der Waals surface area (Å²) in [7, 11) is 0. The number of rotatable bonds is 4. The van der Waals surface area contributed by atoms with E-state index in [1.54, 1.807) is 0 Å². The van der Waals surface area contributed by atoms with E-state index in [2.05, 4.69) is 5.32 Å². The molecule has 2 aromatic rings. The van der Waals surface area contributed by atoms with Crippen LogP contribution in [0.3, 0.4) is 0 Å². The van der Waals surface area contributed by atoms with E-state index >= 15 is 0 Å². The summed E-state index contributed by atoms with van der Waals surface area (Å²) < 4.78 is 66.1. The van der Waals surface area contributed by atoms with Crippen molar-refractivity contribution in [1.82, 2.24) is 0 Å². The molecule has 0 spiro atoms. The third-order valence-electron chi connectivity index (χ3n) is 2.81. The molecule has 1 atom stereocenters. The first-order chi connectivity index (χ1) is 9.90. The van der Waals surface area contributed by atoms with E-state index in [0.29, 0.717) is 12.1 Å². The minimum absolute atomic E-state index is 0.355. The van der Waals surface area contributed by atoms with Gasteiger partial charge in [-0.3, -0.25) is 0 Å². The van der Waals surface area contributed by atoms with Gasteiger partial charge in [0.15, 0.2) is 11.6 Å². The van der Waals surface area contributed by atoms with Crippen molar-refractivity contribution < 1.29 is 27.1 Å². The van der Waals surface area contributed by atoms with Gasteiger partial charge in [0.1, 0.15) is 23.6 Å². The average molecular weight is 303 g/mol. The topological polar surface area (TPSA) is 32.3 Å². The molecule has 0 fully saturated rings. The Hall–Kier alpha value is -2.15. The first-order valence-corrected chi connectivity index (χ1v) is 5.90. The van der Waals surface area contributed by atoms with Crippen LogP contribution in [0.15, 0.2) is 30.3 Å². The first-order valence-electron chi connectivity index (χ1n) is 5.90. The number of anilines is 1.